The predicted octanol–water partition coefficient (Wildman–Crippen LogP) is 3.62. The minimum atomic E-state index is -0.441. The van der Waals surface area contributed by atoms with Gasteiger partial charge in [0, 0.05) is 38.2 Å². The molecule has 0 saturated carbocycles. The van der Waals surface area contributed by atoms with Crippen LogP contribution in [0.2, 0.25) is 0 Å². The summed E-state index contributed by atoms with van der Waals surface area (Å²) in [6.07, 6.45) is 6.30. The van der Waals surface area contributed by atoms with E-state index in [4.69, 9.17) is 0 Å². The molecule has 1 aromatic rings. The second kappa shape index (κ2) is 8.75. The van der Waals surface area contributed by atoms with Gasteiger partial charge in [0.05, 0.1) is 0 Å². The Morgan fingerprint density at radius 3 is 2.52 bits per heavy atom. The van der Waals surface area contributed by atoms with E-state index in [0.717, 1.165) is 64.8 Å². The van der Waals surface area contributed by atoms with Gasteiger partial charge in [0.25, 0.3) is 0 Å². The van der Waals surface area contributed by atoms with Crippen LogP contribution in [0, 0.1) is 17.6 Å². The molecule has 2 heterocycles. The topological polar surface area (TPSA) is 23.6 Å². The predicted molar refractivity (Wildman–Crippen MR) is 94.3 cm³/mol. The van der Waals surface area contributed by atoms with Gasteiger partial charge in [-0.2, -0.15) is 0 Å². The molecule has 5 heteroatoms. The Hall–Kier alpha value is -1.49. The number of nitrogens with zero attached hydrogens (tertiary/aromatic N) is 2. The summed E-state index contributed by atoms with van der Waals surface area (Å²) in [4.78, 5) is 16.5. The monoisotopic (exact) mass is 350 g/mol. The van der Waals surface area contributed by atoms with Gasteiger partial charge in [-0.15, -0.1) is 0 Å². The van der Waals surface area contributed by atoms with Gasteiger partial charge in [-0.1, -0.05) is 6.07 Å². The van der Waals surface area contributed by atoms with Crippen LogP contribution in [-0.4, -0.2) is 48.4 Å². The number of amides is 1. The summed E-state index contributed by atoms with van der Waals surface area (Å²) < 4.78 is 27.5. The van der Waals surface area contributed by atoms with Crippen molar-refractivity contribution in [1.82, 2.24) is 9.80 Å². The van der Waals surface area contributed by atoms with Crippen molar-refractivity contribution < 1.29 is 13.6 Å². The van der Waals surface area contributed by atoms with Crippen LogP contribution >= 0.6 is 0 Å². The highest BCUT2D eigenvalue weighted by Gasteiger charge is 2.23. The van der Waals surface area contributed by atoms with Gasteiger partial charge in [0.1, 0.15) is 11.6 Å². The van der Waals surface area contributed by atoms with Gasteiger partial charge in [0.2, 0.25) is 5.91 Å². The summed E-state index contributed by atoms with van der Waals surface area (Å²) in [5.74, 6) is -0.157. The largest absolute Gasteiger partial charge is 0.343 e. The van der Waals surface area contributed by atoms with Crippen LogP contribution in [0.4, 0.5) is 8.78 Å². The van der Waals surface area contributed by atoms with Crippen LogP contribution in [0.25, 0.3) is 0 Å². The summed E-state index contributed by atoms with van der Waals surface area (Å²) in [6, 6.07) is 4.07. The molecular formula is C20H28F2N2O. The Labute approximate surface area is 149 Å². The number of rotatable bonds is 6. The average molecular weight is 350 g/mol. The maximum atomic E-state index is 13.7. The molecule has 3 nitrogen and oxygen atoms in total. The van der Waals surface area contributed by atoms with E-state index < -0.39 is 11.6 Å². The lowest BCUT2D eigenvalue weighted by Gasteiger charge is -2.33. The van der Waals surface area contributed by atoms with Gasteiger partial charge in [-0.3, -0.25) is 4.79 Å². The normalized spacial score (nSPS) is 21.7. The first-order valence-corrected chi connectivity index (χ1v) is 9.56. The minimum absolute atomic E-state index is 0.212. The van der Waals surface area contributed by atoms with E-state index in [1.54, 1.807) is 0 Å². The van der Waals surface area contributed by atoms with Gasteiger partial charge in [-0.05, 0) is 63.1 Å². The fourth-order valence-electron chi connectivity index (χ4n) is 4.09. The molecule has 2 saturated heterocycles. The molecule has 1 unspecified atom stereocenters. The first kappa shape index (κ1) is 18.3. The minimum Gasteiger partial charge on any atom is -0.343 e. The number of piperidine rings is 1. The SMILES string of the molecule is O=C(CCN1CCCC(CCc2c(F)cccc2F)C1)N1CCCC1. The Bertz CT molecular complexity index is 567. The van der Waals surface area contributed by atoms with E-state index in [-0.39, 0.29) is 11.5 Å². The number of halogens is 2. The molecule has 138 valence electrons. The van der Waals surface area contributed by atoms with Crippen molar-refractivity contribution >= 4 is 5.91 Å². The van der Waals surface area contributed by atoms with Gasteiger partial charge < -0.3 is 9.80 Å². The molecule has 2 fully saturated rings. The molecule has 3 rings (SSSR count). The Kier molecular flexibility index (Phi) is 6.40. The zero-order valence-electron chi connectivity index (χ0n) is 14.9. The molecule has 1 amide bonds. The van der Waals surface area contributed by atoms with E-state index in [0.29, 0.717) is 18.8 Å². The summed E-state index contributed by atoms with van der Waals surface area (Å²) in [6.45, 7) is 4.59. The summed E-state index contributed by atoms with van der Waals surface area (Å²) in [5, 5.41) is 0. The van der Waals surface area contributed by atoms with Crippen LogP contribution < -0.4 is 0 Å². The zero-order chi connectivity index (χ0) is 17.6. The van der Waals surface area contributed by atoms with Crippen LogP contribution in [0.3, 0.4) is 0 Å². The Morgan fingerprint density at radius 1 is 1.08 bits per heavy atom. The van der Waals surface area contributed by atoms with Crippen LogP contribution in [-0.2, 0) is 11.2 Å². The third-order valence-corrected chi connectivity index (χ3v) is 5.57. The van der Waals surface area contributed by atoms with E-state index in [2.05, 4.69) is 4.90 Å². The van der Waals surface area contributed by atoms with Crippen molar-refractivity contribution in [3.05, 3.63) is 35.4 Å². The van der Waals surface area contributed by atoms with Gasteiger partial charge >= 0.3 is 0 Å². The molecule has 2 aliphatic rings. The second-order valence-corrected chi connectivity index (χ2v) is 7.39. The number of carbonyl (C=O) groups excluding carboxylic acids is 1. The second-order valence-electron chi connectivity index (χ2n) is 7.39. The molecule has 0 radical (unpaired) electrons. The average Bonchev–Trinajstić information content (AvgIpc) is 3.14. The first-order chi connectivity index (χ1) is 12.1. The third-order valence-electron chi connectivity index (χ3n) is 5.57. The van der Waals surface area contributed by atoms with E-state index in [1.807, 2.05) is 4.90 Å². The fourth-order valence-corrected chi connectivity index (χ4v) is 4.09. The Morgan fingerprint density at radius 2 is 1.80 bits per heavy atom. The van der Waals surface area contributed by atoms with E-state index in [9.17, 15) is 13.6 Å². The van der Waals surface area contributed by atoms with Crippen molar-refractivity contribution in [2.75, 3.05) is 32.7 Å². The molecule has 0 N–H and O–H groups in total. The van der Waals surface area contributed by atoms with Gasteiger partial charge in [-0.25, -0.2) is 8.78 Å². The molecular weight excluding hydrogens is 322 g/mol. The highest BCUT2D eigenvalue weighted by Crippen LogP contribution is 2.24. The van der Waals surface area contributed by atoms with E-state index >= 15 is 0 Å². The van der Waals surface area contributed by atoms with Crippen molar-refractivity contribution in [3.63, 3.8) is 0 Å². The number of benzene rings is 1. The van der Waals surface area contributed by atoms with Crippen LogP contribution in [0.5, 0.6) is 0 Å². The number of hydrogen-bond acceptors (Lipinski definition) is 2. The molecule has 0 spiro atoms. The first-order valence-electron chi connectivity index (χ1n) is 9.56. The fraction of sp³-hybridized carbons (Fsp3) is 0.650. The lowest BCUT2D eigenvalue weighted by Crippen LogP contribution is -2.38. The number of hydrogen-bond donors (Lipinski definition) is 0. The third kappa shape index (κ3) is 5.00. The number of carbonyl (C=O) groups is 1. The molecule has 1 atom stereocenters. The molecule has 2 aliphatic heterocycles. The maximum absolute atomic E-state index is 13.7. The molecule has 0 aliphatic carbocycles. The van der Waals surface area contributed by atoms with Gasteiger partial charge in [0.15, 0.2) is 0 Å². The smallest absolute Gasteiger partial charge is 0.223 e. The highest BCUT2D eigenvalue weighted by atomic mass is 19.1. The maximum Gasteiger partial charge on any atom is 0.223 e. The molecule has 1 aromatic carbocycles. The lowest BCUT2D eigenvalue weighted by atomic mass is 9.91. The highest BCUT2D eigenvalue weighted by molar-refractivity contribution is 5.76. The van der Waals surface area contributed by atoms with Crippen molar-refractivity contribution in [2.24, 2.45) is 5.92 Å². The quantitative estimate of drug-likeness (QED) is 0.782. The molecule has 0 bridgehead atoms. The van der Waals surface area contributed by atoms with Crippen LogP contribution in [0.15, 0.2) is 18.2 Å². The zero-order valence-corrected chi connectivity index (χ0v) is 14.9. The Balaban J connectivity index is 1.44. The summed E-state index contributed by atoms with van der Waals surface area (Å²) >= 11 is 0. The van der Waals surface area contributed by atoms with Crippen molar-refractivity contribution in [3.8, 4) is 0 Å². The standard InChI is InChI=1S/C20H28F2N2O/c21-18-6-3-7-19(22)17(18)9-8-16-5-4-11-23(15-16)14-10-20(25)24-12-1-2-13-24/h3,6-7,16H,1-2,4-5,8-15H2. The van der Waals surface area contributed by atoms with Crippen molar-refractivity contribution in [1.29, 1.82) is 0 Å². The van der Waals surface area contributed by atoms with E-state index in [1.165, 1.54) is 18.2 Å². The van der Waals surface area contributed by atoms with Crippen LogP contribution in [0.1, 0.15) is 44.1 Å². The lowest BCUT2D eigenvalue weighted by molar-refractivity contribution is -0.130. The van der Waals surface area contributed by atoms with Crippen molar-refractivity contribution in [2.45, 2.75) is 44.9 Å². The molecule has 25 heavy (non-hydrogen) atoms. The summed E-state index contributed by atoms with van der Waals surface area (Å²) in [7, 11) is 0. The molecule has 0 aromatic heterocycles. The number of likely N-dealkylation sites (tertiary alicyclic amines) is 2. The summed E-state index contributed by atoms with van der Waals surface area (Å²) in [5.41, 5.74) is 0.212.